The van der Waals surface area contributed by atoms with Gasteiger partial charge in [0.15, 0.2) is 0 Å². The van der Waals surface area contributed by atoms with Gasteiger partial charge in [0, 0.05) is 10.1 Å². The molecule has 0 N–H and O–H groups in total. The SMILES string of the molecule is c1ccc2c(c1)cc(O[n+]1ccsc1)c1ccccc12. The van der Waals surface area contributed by atoms with Crippen LogP contribution in [0.4, 0.5) is 0 Å². The Morgan fingerprint density at radius 1 is 0.850 bits per heavy atom. The Labute approximate surface area is 120 Å². The standard InChI is InChI=1S/C17H12NOS/c1-2-6-14-13(5-1)11-17(19-18-9-10-20-12-18)16-8-4-3-7-15(14)16/h1-12H/q+1. The van der Waals surface area contributed by atoms with Gasteiger partial charge in [-0.25, -0.2) is 4.84 Å². The van der Waals surface area contributed by atoms with Crippen molar-refractivity contribution in [2.24, 2.45) is 0 Å². The van der Waals surface area contributed by atoms with Gasteiger partial charge in [0.05, 0.1) is 5.38 Å². The first-order valence-corrected chi connectivity index (χ1v) is 7.38. The largest absolute Gasteiger partial charge is 0.277 e. The molecular weight excluding hydrogens is 266 g/mol. The van der Waals surface area contributed by atoms with Crippen molar-refractivity contribution < 1.29 is 9.57 Å². The predicted octanol–water partition coefficient (Wildman–Crippen LogP) is 4.18. The first-order valence-electron chi connectivity index (χ1n) is 6.44. The summed E-state index contributed by atoms with van der Waals surface area (Å²) >= 11 is 1.61. The van der Waals surface area contributed by atoms with Crippen LogP contribution in [0.2, 0.25) is 0 Å². The molecule has 0 spiro atoms. The summed E-state index contributed by atoms with van der Waals surface area (Å²) in [5.74, 6) is 0.878. The summed E-state index contributed by atoms with van der Waals surface area (Å²) in [6.45, 7) is 0. The highest BCUT2D eigenvalue weighted by atomic mass is 32.1. The van der Waals surface area contributed by atoms with Gasteiger partial charge in [0.1, 0.15) is 0 Å². The summed E-state index contributed by atoms with van der Waals surface area (Å²) in [6, 6.07) is 18.8. The summed E-state index contributed by atoms with van der Waals surface area (Å²) < 4.78 is 1.74. The molecule has 0 saturated carbocycles. The maximum atomic E-state index is 5.97. The molecule has 0 fully saturated rings. The molecule has 3 aromatic carbocycles. The van der Waals surface area contributed by atoms with E-state index in [4.69, 9.17) is 4.84 Å². The zero-order valence-electron chi connectivity index (χ0n) is 10.7. The van der Waals surface area contributed by atoms with Crippen LogP contribution in [0, 0.1) is 0 Å². The van der Waals surface area contributed by atoms with Gasteiger partial charge in [0.2, 0.25) is 11.9 Å². The van der Waals surface area contributed by atoms with E-state index in [0.717, 1.165) is 11.1 Å². The van der Waals surface area contributed by atoms with E-state index in [1.54, 1.807) is 16.1 Å². The Hall–Kier alpha value is -2.39. The van der Waals surface area contributed by atoms with Crippen LogP contribution in [0.25, 0.3) is 21.5 Å². The lowest BCUT2D eigenvalue weighted by atomic mass is 10.0. The third kappa shape index (κ3) is 1.84. The highest BCUT2D eigenvalue weighted by molar-refractivity contribution is 7.07. The lowest BCUT2D eigenvalue weighted by Gasteiger charge is -2.07. The molecule has 0 atom stereocenters. The highest BCUT2D eigenvalue weighted by Gasteiger charge is 2.11. The van der Waals surface area contributed by atoms with E-state index in [1.807, 2.05) is 23.2 Å². The molecule has 20 heavy (non-hydrogen) atoms. The average molecular weight is 278 g/mol. The van der Waals surface area contributed by atoms with Gasteiger partial charge in [0.25, 0.3) is 5.51 Å². The van der Waals surface area contributed by atoms with E-state index in [9.17, 15) is 0 Å². The van der Waals surface area contributed by atoms with Crippen molar-refractivity contribution in [3.8, 4) is 5.75 Å². The molecule has 96 valence electrons. The number of fused-ring (bicyclic) bond motifs is 3. The Kier molecular flexibility index (Phi) is 2.64. The summed E-state index contributed by atoms with van der Waals surface area (Å²) in [7, 11) is 0. The van der Waals surface area contributed by atoms with Crippen molar-refractivity contribution in [2.75, 3.05) is 0 Å². The van der Waals surface area contributed by atoms with Crippen molar-refractivity contribution in [3.05, 3.63) is 71.7 Å². The predicted molar refractivity (Wildman–Crippen MR) is 82.0 cm³/mol. The van der Waals surface area contributed by atoms with E-state index in [0.29, 0.717) is 0 Å². The topological polar surface area (TPSA) is 13.1 Å². The third-order valence-electron chi connectivity index (χ3n) is 3.38. The summed E-state index contributed by atoms with van der Waals surface area (Å²) in [6.07, 6.45) is 1.91. The van der Waals surface area contributed by atoms with Crippen LogP contribution in [0.15, 0.2) is 71.7 Å². The van der Waals surface area contributed by atoms with E-state index in [-0.39, 0.29) is 0 Å². The number of hydrogen-bond donors (Lipinski definition) is 0. The van der Waals surface area contributed by atoms with Crippen molar-refractivity contribution in [3.63, 3.8) is 0 Å². The van der Waals surface area contributed by atoms with E-state index in [1.165, 1.54) is 16.2 Å². The molecule has 2 nitrogen and oxygen atoms in total. The second kappa shape index (κ2) is 4.62. The van der Waals surface area contributed by atoms with Gasteiger partial charge < -0.3 is 0 Å². The number of thiazole rings is 1. The number of nitrogens with zero attached hydrogens (tertiary/aromatic N) is 1. The van der Waals surface area contributed by atoms with Crippen LogP contribution < -0.4 is 9.57 Å². The summed E-state index contributed by atoms with van der Waals surface area (Å²) in [5, 5.41) is 6.78. The van der Waals surface area contributed by atoms with Crippen molar-refractivity contribution in [1.82, 2.24) is 0 Å². The third-order valence-corrected chi connectivity index (χ3v) is 3.99. The fourth-order valence-electron chi connectivity index (χ4n) is 2.49. The van der Waals surface area contributed by atoms with Gasteiger partial charge in [-0.15, -0.1) is 0 Å². The molecule has 0 unspecified atom stereocenters. The fraction of sp³-hybridized carbons (Fsp3) is 0. The van der Waals surface area contributed by atoms with Gasteiger partial charge in [-0.3, -0.25) is 0 Å². The van der Waals surface area contributed by atoms with Crippen LogP contribution >= 0.6 is 11.3 Å². The molecule has 0 aliphatic rings. The Morgan fingerprint density at radius 3 is 2.40 bits per heavy atom. The first-order chi connectivity index (χ1) is 9.92. The molecule has 4 rings (SSSR count). The number of benzene rings is 3. The Morgan fingerprint density at radius 2 is 1.60 bits per heavy atom. The van der Waals surface area contributed by atoms with E-state index in [2.05, 4.69) is 48.5 Å². The zero-order valence-corrected chi connectivity index (χ0v) is 11.5. The normalized spacial score (nSPS) is 11.0. The lowest BCUT2D eigenvalue weighted by Crippen LogP contribution is -2.36. The second-order valence-corrected chi connectivity index (χ2v) is 5.37. The van der Waals surface area contributed by atoms with Gasteiger partial charge in [-0.1, -0.05) is 59.9 Å². The van der Waals surface area contributed by atoms with Crippen LogP contribution in [-0.2, 0) is 0 Å². The van der Waals surface area contributed by atoms with Gasteiger partial charge in [-0.05, 0) is 22.2 Å². The van der Waals surface area contributed by atoms with Crippen molar-refractivity contribution in [2.45, 2.75) is 0 Å². The van der Waals surface area contributed by atoms with E-state index >= 15 is 0 Å². The highest BCUT2D eigenvalue weighted by Crippen LogP contribution is 2.32. The monoisotopic (exact) mass is 278 g/mol. The molecule has 4 aromatic rings. The van der Waals surface area contributed by atoms with Gasteiger partial charge in [-0.2, -0.15) is 0 Å². The average Bonchev–Trinajstić information content (AvgIpc) is 3.00. The first kappa shape index (κ1) is 11.4. The molecule has 0 saturated heterocycles. The minimum absolute atomic E-state index is 0.878. The van der Waals surface area contributed by atoms with Crippen LogP contribution in [0.3, 0.4) is 0 Å². The number of rotatable bonds is 2. The molecule has 3 heteroatoms. The molecule has 0 aliphatic heterocycles. The molecule has 0 amide bonds. The maximum Gasteiger partial charge on any atom is 0.277 e. The zero-order chi connectivity index (χ0) is 13.4. The summed E-state index contributed by atoms with van der Waals surface area (Å²) in [4.78, 5) is 5.97. The molecule has 1 aromatic heterocycles. The van der Waals surface area contributed by atoms with Gasteiger partial charge >= 0.3 is 0 Å². The Bertz CT molecular complexity index is 884. The molecule has 0 bridgehead atoms. The lowest BCUT2D eigenvalue weighted by molar-refractivity contribution is -0.871. The van der Waals surface area contributed by atoms with Crippen LogP contribution in [0.5, 0.6) is 5.75 Å². The smallest absolute Gasteiger partial charge is 0.230 e. The molecule has 1 heterocycles. The quantitative estimate of drug-likeness (QED) is 0.396. The van der Waals surface area contributed by atoms with Crippen LogP contribution in [-0.4, -0.2) is 0 Å². The summed E-state index contributed by atoms with van der Waals surface area (Å²) in [5.41, 5.74) is 1.93. The number of aromatic nitrogens is 1. The molecular formula is C17H12NOS+. The van der Waals surface area contributed by atoms with Crippen molar-refractivity contribution in [1.29, 1.82) is 0 Å². The molecule has 0 radical (unpaired) electrons. The minimum Gasteiger partial charge on any atom is -0.230 e. The minimum atomic E-state index is 0.878. The van der Waals surface area contributed by atoms with Crippen LogP contribution in [0.1, 0.15) is 0 Å². The fourth-order valence-corrected chi connectivity index (χ4v) is 2.98. The maximum absolute atomic E-state index is 5.97. The van der Waals surface area contributed by atoms with Crippen molar-refractivity contribution >= 4 is 32.9 Å². The Balaban J connectivity index is 2.02. The van der Waals surface area contributed by atoms with E-state index < -0.39 is 0 Å². The molecule has 0 aliphatic carbocycles. The second-order valence-electron chi connectivity index (χ2n) is 4.62. The number of hydrogen-bond acceptors (Lipinski definition) is 2.